The van der Waals surface area contributed by atoms with Crippen LogP contribution in [0.25, 0.3) is 0 Å². The Balaban J connectivity index is 2.57. The molecule has 0 atom stereocenters. The van der Waals surface area contributed by atoms with E-state index >= 15 is 0 Å². The second-order valence-corrected chi connectivity index (χ2v) is 7.01. The van der Waals surface area contributed by atoms with Crippen LogP contribution in [-0.4, -0.2) is 14.4 Å². The van der Waals surface area contributed by atoms with Gasteiger partial charge in [0.25, 0.3) is 8.32 Å². The second-order valence-electron chi connectivity index (χ2n) is 3.84. The molecular weight excluding hydrogens is 188 g/mol. The van der Waals surface area contributed by atoms with Crippen molar-refractivity contribution in [3.8, 4) is 0 Å². The highest BCUT2D eigenvalue weighted by atomic mass is 28.4. The quantitative estimate of drug-likeness (QED) is 0.629. The molecule has 0 heterocycles. The van der Waals surface area contributed by atoms with Crippen molar-refractivity contribution in [2.24, 2.45) is 0 Å². The molecule has 0 aromatic rings. The van der Waals surface area contributed by atoms with Gasteiger partial charge >= 0.3 is 0 Å². The van der Waals surface area contributed by atoms with E-state index in [2.05, 4.69) is 19.7 Å². The predicted octanol–water partition coefficient (Wildman–Crippen LogP) is 3.46. The molecule has 1 aliphatic rings. The average molecular weight is 208 g/mol. The predicted molar refractivity (Wildman–Crippen MR) is 64.3 cm³/mol. The summed E-state index contributed by atoms with van der Waals surface area (Å²) in [5.74, 6) is 0. The summed E-state index contributed by atoms with van der Waals surface area (Å²) >= 11 is 0. The van der Waals surface area contributed by atoms with Gasteiger partial charge in [0, 0.05) is 6.10 Å². The summed E-state index contributed by atoms with van der Waals surface area (Å²) in [5.41, 5.74) is 5.71. The minimum Gasteiger partial charge on any atom is -0.403 e. The maximum atomic E-state index is 6.11. The van der Waals surface area contributed by atoms with Crippen LogP contribution in [0.1, 0.15) is 32.1 Å². The van der Waals surface area contributed by atoms with Crippen LogP contribution in [0.4, 0.5) is 0 Å². The Bertz CT molecular complexity index is 195. The molecule has 0 radical (unpaired) electrons. The zero-order chi connectivity index (χ0) is 10.4. The van der Waals surface area contributed by atoms with Crippen molar-refractivity contribution < 1.29 is 4.43 Å². The van der Waals surface area contributed by atoms with Gasteiger partial charge in [0.2, 0.25) is 0 Å². The van der Waals surface area contributed by atoms with Crippen LogP contribution >= 0.6 is 0 Å². The highest BCUT2D eigenvalue weighted by Crippen LogP contribution is 2.24. The number of hydrogen-bond acceptors (Lipinski definition) is 1. The number of hydrogen-bond donors (Lipinski definition) is 0. The van der Waals surface area contributed by atoms with E-state index in [1.165, 1.54) is 32.1 Å². The third kappa shape index (κ3) is 2.69. The molecule has 2 heteroatoms. The van der Waals surface area contributed by atoms with Crippen molar-refractivity contribution in [1.82, 2.24) is 0 Å². The van der Waals surface area contributed by atoms with Gasteiger partial charge in [-0.3, -0.25) is 0 Å². The molecule has 0 unspecified atom stereocenters. The van der Waals surface area contributed by atoms with Crippen molar-refractivity contribution in [2.45, 2.75) is 38.2 Å². The van der Waals surface area contributed by atoms with Crippen molar-refractivity contribution in [1.29, 1.82) is 0 Å². The lowest BCUT2D eigenvalue weighted by Gasteiger charge is -2.30. The van der Waals surface area contributed by atoms with E-state index in [-0.39, 0.29) is 0 Å². The fourth-order valence-corrected chi connectivity index (χ4v) is 3.47. The highest BCUT2D eigenvalue weighted by Gasteiger charge is 2.28. The lowest BCUT2D eigenvalue weighted by molar-refractivity contribution is 0.153. The standard InChI is InChI=1S/C12H20OSi/c1-4-14(5-2,6-3)13-12-10-8-7-9-11-12/h4-6,12H,1-3,7-11H2. The van der Waals surface area contributed by atoms with Gasteiger partial charge in [0.15, 0.2) is 0 Å². The lowest BCUT2D eigenvalue weighted by Crippen LogP contribution is -2.37. The van der Waals surface area contributed by atoms with Crippen molar-refractivity contribution in [3.63, 3.8) is 0 Å². The van der Waals surface area contributed by atoms with Gasteiger partial charge in [-0.15, -0.1) is 19.7 Å². The van der Waals surface area contributed by atoms with Gasteiger partial charge in [0.1, 0.15) is 0 Å². The van der Waals surface area contributed by atoms with Gasteiger partial charge in [-0.2, -0.15) is 0 Å². The summed E-state index contributed by atoms with van der Waals surface area (Å²) in [7, 11) is -2.01. The summed E-state index contributed by atoms with van der Waals surface area (Å²) in [6, 6.07) is 0. The smallest absolute Gasteiger partial charge is 0.265 e. The summed E-state index contributed by atoms with van der Waals surface area (Å²) in [6.45, 7) is 11.5. The highest BCUT2D eigenvalue weighted by molar-refractivity contribution is 6.87. The van der Waals surface area contributed by atoms with Gasteiger partial charge < -0.3 is 4.43 Å². The molecule has 78 valence electrons. The Morgan fingerprint density at radius 2 is 1.43 bits per heavy atom. The zero-order valence-electron chi connectivity index (χ0n) is 8.87. The molecule has 0 aromatic carbocycles. The van der Waals surface area contributed by atoms with E-state index in [1.807, 2.05) is 17.1 Å². The largest absolute Gasteiger partial charge is 0.403 e. The molecule has 0 bridgehead atoms. The SMILES string of the molecule is C=C[Si](C=C)(C=C)OC1CCCCC1. The molecule has 0 saturated heterocycles. The maximum Gasteiger partial charge on any atom is 0.265 e. The fraction of sp³-hybridized carbons (Fsp3) is 0.500. The van der Waals surface area contributed by atoms with Crippen molar-refractivity contribution in [2.75, 3.05) is 0 Å². The first kappa shape index (κ1) is 11.5. The summed E-state index contributed by atoms with van der Waals surface area (Å²) < 4.78 is 6.11. The van der Waals surface area contributed by atoms with E-state index in [1.54, 1.807) is 0 Å². The van der Waals surface area contributed by atoms with Crippen LogP contribution in [0.3, 0.4) is 0 Å². The molecule has 1 saturated carbocycles. The molecule has 1 nitrogen and oxygen atoms in total. The topological polar surface area (TPSA) is 9.23 Å². The van der Waals surface area contributed by atoms with Crippen molar-refractivity contribution >= 4 is 8.32 Å². The minimum absolute atomic E-state index is 0.407. The Morgan fingerprint density at radius 3 is 1.86 bits per heavy atom. The second kappa shape index (κ2) is 5.32. The van der Waals surface area contributed by atoms with E-state index in [0.29, 0.717) is 6.10 Å². The molecule has 0 spiro atoms. The first-order chi connectivity index (χ1) is 6.76. The van der Waals surface area contributed by atoms with Crippen molar-refractivity contribution in [3.05, 3.63) is 36.8 Å². The number of rotatable bonds is 5. The summed E-state index contributed by atoms with van der Waals surface area (Å²) in [5, 5.41) is 0. The Morgan fingerprint density at radius 1 is 0.929 bits per heavy atom. The van der Waals surface area contributed by atoms with Crippen LogP contribution in [0, 0.1) is 0 Å². The molecule has 0 N–H and O–H groups in total. The van der Waals surface area contributed by atoms with Crippen LogP contribution in [0.15, 0.2) is 36.8 Å². The summed E-state index contributed by atoms with van der Waals surface area (Å²) in [4.78, 5) is 0. The Hall–Kier alpha value is -0.603. The van der Waals surface area contributed by atoms with E-state index in [9.17, 15) is 0 Å². The van der Waals surface area contributed by atoms with Crippen LogP contribution in [-0.2, 0) is 4.43 Å². The van der Waals surface area contributed by atoms with Crippen LogP contribution in [0.2, 0.25) is 0 Å². The van der Waals surface area contributed by atoms with E-state index in [0.717, 1.165) is 0 Å². The maximum absolute atomic E-state index is 6.11. The van der Waals surface area contributed by atoms with Crippen LogP contribution < -0.4 is 0 Å². The first-order valence-corrected chi connectivity index (χ1v) is 7.49. The summed E-state index contributed by atoms with van der Waals surface area (Å²) in [6.07, 6.45) is 6.71. The minimum atomic E-state index is -2.01. The van der Waals surface area contributed by atoms with Crippen LogP contribution in [0.5, 0.6) is 0 Å². The molecule has 0 aliphatic heterocycles. The third-order valence-corrected chi connectivity index (χ3v) is 5.54. The molecule has 0 amide bonds. The Labute approximate surface area is 88.3 Å². The molecule has 14 heavy (non-hydrogen) atoms. The zero-order valence-corrected chi connectivity index (χ0v) is 9.87. The molecule has 1 aliphatic carbocycles. The monoisotopic (exact) mass is 208 g/mol. The van der Waals surface area contributed by atoms with Gasteiger partial charge in [-0.05, 0) is 12.8 Å². The molecule has 0 aromatic heterocycles. The van der Waals surface area contributed by atoms with Gasteiger partial charge in [-0.1, -0.05) is 36.4 Å². The van der Waals surface area contributed by atoms with Gasteiger partial charge in [0.05, 0.1) is 0 Å². The lowest BCUT2D eigenvalue weighted by atomic mass is 9.98. The third-order valence-electron chi connectivity index (χ3n) is 2.88. The first-order valence-electron chi connectivity index (χ1n) is 5.35. The van der Waals surface area contributed by atoms with Gasteiger partial charge in [-0.25, -0.2) is 0 Å². The van der Waals surface area contributed by atoms with E-state index < -0.39 is 8.32 Å². The Kier molecular flexibility index (Phi) is 4.36. The van der Waals surface area contributed by atoms with E-state index in [4.69, 9.17) is 4.43 Å². The fourth-order valence-electron chi connectivity index (χ4n) is 1.87. The average Bonchev–Trinajstić information content (AvgIpc) is 2.28. The molecular formula is C12H20OSi. The molecule has 1 rings (SSSR count). The molecule has 1 fully saturated rings. The normalized spacial score (nSPS) is 18.9.